The molecule has 1 aromatic rings. The zero-order valence-electron chi connectivity index (χ0n) is 11.0. The zero-order chi connectivity index (χ0) is 12.2. The summed E-state index contributed by atoms with van der Waals surface area (Å²) >= 11 is 0. The van der Waals surface area contributed by atoms with E-state index in [9.17, 15) is 0 Å². The molecule has 0 atom stereocenters. The van der Waals surface area contributed by atoms with E-state index in [4.69, 9.17) is 9.47 Å². The standard InChI is InChI=1S/C14H22O2/c1-11-6-12(2)8-13(7-11)16-10-14(3,4)9-15-5/h6-8H,9-10H2,1-5H3. The van der Waals surface area contributed by atoms with Gasteiger partial charge >= 0.3 is 0 Å². The minimum atomic E-state index is 0.0480. The van der Waals surface area contributed by atoms with Gasteiger partial charge in [0.1, 0.15) is 5.75 Å². The number of aryl methyl sites for hydroxylation is 2. The highest BCUT2D eigenvalue weighted by Gasteiger charge is 2.18. The lowest BCUT2D eigenvalue weighted by Crippen LogP contribution is -2.26. The van der Waals surface area contributed by atoms with Gasteiger partial charge < -0.3 is 9.47 Å². The van der Waals surface area contributed by atoms with E-state index in [1.165, 1.54) is 11.1 Å². The van der Waals surface area contributed by atoms with Gasteiger partial charge in [0.2, 0.25) is 0 Å². The third kappa shape index (κ3) is 4.23. The normalized spacial score (nSPS) is 11.6. The Morgan fingerprint density at radius 3 is 2.06 bits per heavy atom. The Morgan fingerprint density at radius 1 is 1.00 bits per heavy atom. The van der Waals surface area contributed by atoms with Crippen molar-refractivity contribution in [1.29, 1.82) is 0 Å². The van der Waals surface area contributed by atoms with Crippen LogP contribution in [0.1, 0.15) is 25.0 Å². The molecule has 0 amide bonds. The highest BCUT2D eigenvalue weighted by Crippen LogP contribution is 2.21. The van der Waals surface area contributed by atoms with Crippen molar-refractivity contribution < 1.29 is 9.47 Å². The van der Waals surface area contributed by atoms with E-state index in [0.717, 1.165) is 5.75 Å². The van der Waals surface area contributed by atoms with Crippen LogP contribution >= 0.6 is 0 Å². The summed E-state index contributed by atoms with van der Waals surface area (Å²) in [6.07, 6.45) is 0. The van der Waals surface area contributed by atoms with E-state index in [-0.39, 0.29) is 5.41 Å². The fourth-order valence-corrected chi connectivity index (χ4v) is 1.73. The molecular weight excluding hydrogens is 200 g/mol. The molecule has 0 aromatic heterocycles. The minimum absolute atomic E-state index is 0.0480. The Hall–Kier alpha value is -1.02. The van der Waals surface area contributed by atoms with Crippen LogP contribution in [-0.4, -0.2) is 20.3 Å². The number of hydrogen-bond acceptors (Lipinski definition) is 2. The molecule has 16 heavy (non-hydrogen) atoms. The van der Waals surface area contributed by atoms with E-state index in [1.54, 1.807) is 7.11 Å². The highest BCUT2D eigenvalue weighted by atomic mass is 16.5. The van der Waals surface area contributed by atoms with E-state index >= 15 is 0 Å². The molecule has 0 N–H and O–H groups in total. The smallest absolute Gasteiger partial charge is 0.119 e. The first-order valence-corrected chi connectivity index (χ1v) is 5.63. The quantitative estimate of drug-likeness (QED) is 0.760. The summed E-state index contributed by atoms with van der Waals surface area (Å²) in [5.41, 5.74) is 2.52. The Labute approximate surface area is 98.6 Å². The molecule has 0 bridgehead atoms. The van der Waals surface area contributed by atoms with Gasteiger partial charge in [0.05, 0.1) is 13.2 Å². The van der Waals surface area contributed by atoms with Crippen molar-refractivity contribution in [2.45, 2.75) is 27.7 Å². The summed E-state index contributed by atoms with van der Waals surface area (Å²) < 4.78 is 11.0. The van der Waals surface area contributed by atoms with Gasteiger partial charge in [-0.25, -0.2) is 0 Å². The van der Waals surface area contributed by atoms with Crippen LogP contribution < -0.4 is 4.74 Å². The third-order valence-electron chi connectivity index (χ3n) is 2.36. The van der Waals surface area contributed by atoms with Crippen LogP contribution in [0.25, 0.3) is 0 Å². The SMILES string of the molecule is COCC(C)(C)COc1cc(C)cc(C)c1. The van der Waals surface area contributed by atoms with Crippen LogP contribution in [0.3, 0.4) is 0 Å². The second-order valence-corrected chi connectivity index (χ2v) is 5.21. The van der Waals surface area contributed by atoms with Crippen molar-refractivity contribution in [3.8, 4) is 5.75 Å². The fraction of sp³-hybridized carbons (Fsp3) is 0.571. The summed E-state index contributed by atoms with van der Waals surface area (Å²) in [6.45, 7) is 9.82. The first-order valence-electron chi connectivity index (χ1n) is 5.63. The molecular formula is C14H22O2. The molecule has 0 saturated heterocycles. The maximum atomic E-state index is 5.80. The maximum Gasteiger partial charge on any atom is 0.119 e. The average Bonchev–Trinajstić information content (AvgIpc) is 2.13. The van der Waals surface area contributed by atoms with Crippen LogP contribution in [0, 0.1) is 19.3 Å². The maximum absolute atomic E-state index is 5.80. The number of hydrogen-bond donors (Lipinski definition) is 0. The van der Waals surface area contributed by atoms with Crippen LogP contribution in [0.15, 0.2) is 18.2 Å². The highest BCUT2D eigenvalue weighted by molar-refractivity contribution is 5.33. The van der Waals surface area contributed by atoms with Gasteiger partial charge in [-0.1, -0.05) is 19.9 Å². The molecule has 0 heterocycles. The molecule has 0 aliphatic rings. The summed E-state index contributed by atoms with van der Waals surface area (Å²) in [4.78, 5) is 0. The lowest BCUT2D eigenvalue weighted by atomic mass is 9.96. The van der Waals surface area contributed by atoms with Gasteiger partial charge in [0.15, 0.2) is 0 Å². The van der Waals surface area contributed by atoms with Crippen LogP contribution in [0.5, 0.6) is 5.75 Å². The summed E-state index contributed by atoms with van der Waals surface area (Å²) in [7, 11) is 1.72. The average molecular weight is 222 g/mol. The Balaban J connectivity index is 2.60. The van der Waals surface area contributed by atoms with Crippen molar-refractivity contribution in [1.82, 2.24) is 0 Å². The van der Waals surface area contributed by atoms with Gasteiger partial charge in [0.25, 0.3) is 0 Å². The number of methoxy groups -OCH3 is 1. The molecule has 1 rings (SSSR count). The lowest BCUT2D eigenvalue weighted by Gasteiger charge is -2.23. The molecule has 0 fully saturated rings. The number of benzene rings is 1. The molecule has 1 aromatic carbocycles. The summed E-state index contributed by atoms with van der Waals surface area (Å²) in [5.74, 6) is 0.946. The van der Waals surface area contributed by atoms with Crippen LogP contribution in [0.4, 0.5) is 0 Å². The largest absolute Gasteiger partial charge is 0.493 e. The fourth-order valence-electron chi connectivity index (χ4n) is 1.73. The van der Waals surface area contributed by atoms with Gasteiger partial charge in [-0.05, 0) is 37.1 Å². The van der Waals surface area contributed by atoms with Crippen molar-refractivity contribution in [2.75, 3.05) is 20.3 Å². The second kappa shape index (κ2) is 5.35. The first kappa shape index (κ1) is 13.0. The summed E-state index contributed by atoms with van der Waals surface area (Å²) in [5, 5.41) is 0. The van der Waals surface area contributed by atoms with Crippen molar-refractivity contribution in [2.24, 2.45) is 5.41 Å². The first-order chi connectivity index (χ1) is 7.43. The zero-order valence-corrected chi connectivity index (χ0v) is 11.0. The molecule has 0 aliphatic heterocycles. The van der Waals surface area contributed by atoms with Gasteiger partial charge in [-0.15, -0.1) is 0 Å². The topological polar surface area (TPSA) is 18.5 Å². The van der Waals surface area contributed by atoms with E-state index in [1.807, 2.05) is 0 Å². The predicted octanol–water partition coefficient (Wildman–Crippen LogP) is 3.35. The van der Waals surface area contributed by atoms with Gasteiger partial charge in [-0.2, -0.15) is 0 Å². The van der Waals surface area contributed by atoms with E-state index in [0.29, 0.717) is 13.2 Å². The van der Waals surface area contributed by atoms with Crippen molar-refractivity contribution >= 4 is 0 Å². The van der Waals surface area contributed by atoms with Crippen molar-refractivity contribution in [3.63, 3.8) is 0 Å². The summed E-state index contributed by atoms with van der Waals surface area (Å²) in [6, 6.07) is 6.28. The molecule has 0 unspecified atom stereocenters. The predicted molar refractivity (Wildman–Crippen MR) is 67.1 cm³/mol. The number of ether oxygens (including phenoxy) is 2. The molecule has 90 valence electrons. The molecule has 0 aliphatic carbocycles. The lowest BCUT2D eigenvalue weighted by molar-refractivity contribution is 0.0644. The van der Waals surface area contributed by atoms with E-state index in [2.05, 4.69) is 45.9 Å². The molecule has 0 saturated carbocycles. The minimum Gasteiger partial charge on any atom is -0.493 e. The Kier molecular flexibility index (Phi) is 4.36. The van der Waals surface area contributed by atoms with Gasteiger partial charge in [0, 0.05) is 12.5 Å². The Morgan fingerprint density at radius 2 is 1.56 bits per heavy atom. The van der Waals surface area contributed by atoms with E-state index < -0.39 is 0 Å². The molecule has 2 nitrogen and oxygen atoms in total. The second-order valence-electron chi connectivity index (χ2n) is 5.21. The molecule has 2 heteroatoms. The van der Waals surface area contributed by atoms with Crippen LogP contribution in [-0.2, 0) is 4.74 Å². The van der Waals surface area contributed by atoms with Gasteiger partial charge in [-0.3, -0.25) is 0 Å². The third-order valence-corrected chi connectivity index (χ3v) is 2.36. The number of rotatable bonds is 5. The van der Waals surface area contributed by atoms with Crippen molar-refractivity contribution in [3.05, 3.63) is 29.3 Å². The monoisotopic (exact) mass is 222 g/mol. The molecule has 0 radical (unpaired) electrons. The molecule has 0 spiro atoms. The Bertz CT molecular complexity index is 322. The van der Waals surface area contributed by atoms with Crippen LogP contribution in [0.2, 0.25) is 0 Å².